The van der Waals surface area contributed by atoms with Crippen LogP contribution in [0.5, 0.6) is 0 Å². The first-order valence-corrected chi connectivity index (χ1v) is 9.51. The second-order valence-corrected chi connectivity index (χ2v) is 7.05. The SMILES string of the molecule is CCN(Cc1nc2ccccc2c(=O)[nH]1)C(=O)C(NC(=O)c1ccco1)C(C)C. The van der Waals surface area contributed by atoms with Crippen molar-refractivity contribution in [3.05, 3.63) is 64.6 Å². The van der Waals surface area contributed by atoms with E-state index in [1.165, 1.54) is 6.26 Å². The zero-order valence-electron chi connectivity index (χ0n) is 16.6. The number of furan rings is 1. The van der Waals surface area contributed by atoms with Crippen LogP contribution in [0.25, 0.3) is 10.9 Å². The van der Waals surface area contributed by atoms with Gasteiger partial charge in [0.05, 0.1) is 23.7 Å². The minimum atomic E-state index is -0.736. The van der Waals surface area contributed by atoms with Crippen molar-refractivity contribution in [2.24, 2.45) is 5.92 Å². The highest BCUT2D eigenvalue weighted by Crippen LogP contribution is 2.12. The molecule has 3 rings (SSSR count). The van der Waals surface area contributed by atoms with E-state index in [0.29, 0.717) is 23.3 Å². The summed E-state index contributed by atoms with van der Waals surface area (Å²) < 4.78 is 5.11. The number of nitrogens with one attached hydrogen (secondary N) is 2. The van der Waals surface area contributed by atoms with Crippen LogP contribution in [-0.2, 0) is 11.3 Å². The van der Waals surface area contributed by atoms with Crippen LogP contribution >= 0.6 is 0 Å². The Balaban J connectivity index is 1.81. The number of carbonyl (C=O) groups is 2. The lowest BCUT2D eigenvalue weighted by Gasteiger charge is -2.28. The maximum Gasteiger partial charge on any atom is 0.287 e. The summed E-state index contributed by atoms with van der Waals surface area (Å²) in [5, 5.41) is 3.24. The molecule has 0 saturated carbocycles. The number of aromatic nitrogens is 2. The first-order valence-electron chi connectivity index (χ1n) is 9.51. The molecule has 0 spiro atoms. The summed E-state index contributed by atoms with van der Waals surface area (Å²) in [5.41, 5.74) is 0.321. The van der Waals surface area contributed by atoms with Crippen molar-refractivity contribution in [3.8, 4) is 0 Å². The largest absolute Gasteiger partial charge is 0.459 e. The molecule has 0 aliphatic carbocycles. The van der Waals surface area contributed by atoms with Crippen molar-refractivity contribution >= 4 is 22.7 Å². The first kappa shape index (κ1) is 20.3. The van der Waals surface area contributed by atoms with E-state index in [9.17, 15) is 14.4 Å². The topological polar surface area (TPSA) is 108 Å². The summed E-state index contributed by atoms with van der Waals surface area (Å²) in [5.74, 6) is -0.302. The third kappa shape index (κ3) is 4.53. The summed E-state index contributed by atoms with van der Waals surface area (Å²) in [6.45, 7) is 6.08. The number of nitrogens with zero attached hydrogens (tertiary/aromatic N) is 2. The van der Waals surface area contributed by atoms with E-state index in [0.717, 1.165) is 0 Å². The van der Waals surface area contributed by atoms with Crippen LogP contribution in [0.2, 0.25) is 0 Å². The maximum absolute atomic E-state index is 13.1. The van der Waals surface area contributed by atoms with E-state index < -0.39 is 11.9 Å². The fourth-order valence-corrected chi connectivity index (χ4v) is 3.07. The van der Waals surface area contributed by atoms with E-state index >= 15 is 0 Å². The molecule has 1 atom stereocenters. The predicted molar refractivity (Wildman–Crippen MR) is 108 cm³/mol. The standard InChI is InChI=1S/C21H24N4O4/c1-4-25(12-17-22-15-9-6-5-8-14(15)19(26)23-17)21(28)18(13(2)3)24-20(27)16-10-7-11-29-16/h5-11,13,18H,4,12H2,1-3H3,(H,24,27)(H,22,23,26). The molecule has 3 aromatic rings. The number of H-pyrrole nitrogens is 1. The predicted octanol–water partition coefficient (Wildman–Crippen LogP) is 2.32. The molecule has 8 heteroatoms. The smallest absolute Gasteiger partial charge is 0.287 e. The maximum atomic E-state index is 13.1. The normalized spacial score (nSPS) is 12.1. The molecular formula is C21H24N4O4. The van der Waals surface area contributed by atoms with Crippen LogP contribution in [0, 0.1) is 5.92 Å². The van der Waals surface area contributed by atoms with Gasteiger partial charge in [0, 0.05) is 6.54 Å². The molecule has 0 aliphatic heterocycles. The quantitative estimate of drug-likeness (QED) is 0.637. The Morgan fingerprint density at radius 1 is 1.21 bits per heavy atom. The number of likely N-dealkylation sites (N-methyl/N-ethyl adjacent to an activating group) is 1. The van der Waals surface area contributed by atoms with Gasteiger partial charge in [-0.1, -0.05) is 26.0 Å². The monoisotopic (exact) mass is 396 g/mol. The molecule has 2 amide bonds. The molecule has 0 fully saturated rings. The lowest BCUT2D eigenvalue weighted by atomic mass is 10.0. The number of rotatable bonds is 7. The molecule has 2 aromatic heterocycles. The second-order valence-electron chi connectivity index (χ2n) is 7.05. The molecule has 1 aromatic carbocycles. The van der Waals surface area contributed by atoms with Crippen LogP contribution in [-0.4, -0.2) is 39.3 Å². The number of amides is 2. The summed E-state index contributed by atoms with van der Waals surface area (Å²) in [6.07, 6.45) is 1.40. The molecule has 0 saturated heterocycles. The van der Waals surface area contributed by atoms with Crippen molar-refractivity contribution < 1.29 is 14.0 Å². The Bertz CT molecular complexity index is 1060. The fraction of sp³-hybridized carbons (Fsp3) is 0.333. The van der Waals surface area contributed by atoms with E-state index in [1.807, 2.05) is 20.8 Å². The molecule has 29 heavy (non-hydrogen) atoms. The number of para-hydroxylation sites is 1. The van der Waals surface area contributed by atoms with Crippen LogP contribution < -0.4 is 10.9 Å². The fourth-order valence-electron chi connectivity index (χ4n) is 3.07. The van der Waals surface area contributed by atoms with Gasteiger partial charge in [0.15, 0.2) is 5.76 Å². The third-order valence-corrected chi connectivity index (χ3v) is 4.66. The minimum Gasteiger partial charge on any atom is -0.459 e. The third-order valence-electron chi connectivity index (χ3n) is 4.66. The van der Waals surface area contributed by atoms with Crippen molar-refractivity contribution in [1.82, 2.24) is 20.2 Å². The minimum absolute atomic E-state index is 0.134. The van der Waals surface area contributed by atoms with Crippen molar-refractivity contribution in [3.63, 3.8) is 0 Å². The van der Waals surface area contributed by atoms with Crippen LogP contribution in [0.1, 0.15) is 37.2 Å². The Hall–Kier alpha value is -3.42. The number of fused-ring (bicyclic) bond motifs is 1. The van der Waals surface area contributed by atoms with E-state index in [-0.39, 0.29) is 29.7 Å². The van der Waals surface area contributed by atoms with Gasteiger partial charge in [-0.25, -0.2) is 4.98 Å². The summed E-state index contributed by atoms with van der Waals surface area (Å²) >= 11 is 0. The second kappa shape index (κ2) is 8.72. The van der Waals surface area contributed by atoms with Gasteiger partial charge in [-0.15, -0.1) is 0 Å². The number of benzene rings is 1. The van der Waals surface area contributed by atoms with Crippen molar-refractivity contribution in [2.75, 3.05) is 6.54 Å². The molecule has 2 N–H and O–H groups in total. The lowest BCUT2D eigenvalue weighted by Crippen LogP contribution is -2.51. The molecule has 0 bridgehead atoms. The molecule has 1 unspecified atom stereocenters. The lowest BCUT2D eigenvalue weighted by molar-refractivity contribution is -0.134. The zero-order chi connectivity index (χ0) is 21.0. The number of hydrogen-bond acceptors (Lipinski definition) is 5. The zero-order valence-corrected chi connectivity index (χ0v) is 16.6. The Kier molecular flexibility index (Phi) is 6.11. The summed E-state index contributed by atoms with van der Waals surface area (Å²) in [6, 6.07) is 9.45. The Morgan fingerprint density at radius 2 is 1.97 bits per heavy atom. The number of carbonyl (C=O) groups excluding carboxylic acids is 2. The average molecular weight is 396 g/mol. The summed E-state index contributed by atoms with van der Waals surface area (Å²) in [7, 11) is 0. The highest BCUT2D eigenvalue weighted by Gasteiger charge is 2.29. The molecule has 0 aliphatic rings. The average Bonchev–Trinajstić information content (AvgIpc) is 3.24. The van der Waals surface area contributed by atoms with Gasteiger partial charge < -0.3 is 19.6 Å². The van der Waals surface area contributed by atoms with Gasteiger partial charge in [-0.2, -0.15) is 0 Å². The van der Waals surface area contributed by atoms with E-state index in [2.05, 4.69) is 15.3 Å². The van der Waals surface area contributed by atoms with E-state index in [1.54, 1.807) is 41.3 Å². The Labute approximate surface area is 167 Å². The van der Waals surface area contributed by atoms with Gasteiger partial charge in [-0.3, -0.25) is 14.4 Å². The van der Waals surface area contributed by atoms with E-state index in [4.69, 9.17) is 4.42 Å². The number of aromatic amines is 1. The van der Waals surface area contributed by atoms with Gasteiger partial charge in [0.25, 0.3) is 11.5 Å². The van der Waals surface area contributed by atoms with Crippen molar-refractivity contribution in [1.29, 1.82) is 0 Å². The molecular weight excluding hydrogens is 372 g/mol. The van der Waals surface area contributed by atoms with Gasteiger partial charge in [-0.05, 0) is 37.1 Å². The summed E-state index contributed by atoms with van der Waals surface area (Å²) in [4.78, 5) is 46.5. The highest BCUT2D eigenvalue weighted by molar-refractivity contribution is 5.95. The van der Waals surface area contributed by atoms with Crippen LogP contribution in [0.15, 0.2) is 51.9 Å². The van der Waals surface area contributed by atoms with Crippen molar-refractivity contribution in [2.45, 2.75) is 33.4 Å². The highest BCUT2D eigenvalue weighted by atomic mass is 16.3. The first-order chi connectivity index (χ1) is 13.9. The molecule has 0 radical (unpaired) electrons. The molecule has 2 heterocycles. The van der Waals surface area contributed by atoms with Crippen LogP contribution in [0.4, 0.5) is 0 Å². The van der Waals surface area contributed by atoms with Crippen LogP contribution in [0.3, 0.4) is 0 Å². The van der Waals surface area contributed by atoms with Gasteiger partial charge >= 0.3 is 0 Å². The number of hydrogen-bond donors (Lipinski definition) is 2. The van der Waals surface area contributed by atoms with Gasteiger partial charge in [0.2, 0.25) is 5.91 Å². The Morgan fingerprint density at radius 3 is 2.62 bits per heavy atom. The van der Waals surface area contributed by atoms with Gasteiger partial charge in [0.1, 0.15) is 11.9 Å². The molecule has 8 nitrogen and oxygen atoms in total. The molecule has 152 valence electrons.